The van der Waals surface area contributed by atoms with Gasteiger partial charge in [-0.2, -0.15) is 0 Å². The molecule has 0 heterocycles. The third-order valence-corrected chi connectivity index (χ3v) is 1.58. The summed E-state index contributed by atoms with van der Waals surface area (Å²) in [5, 5.41) is 0. The van der Waals surface area contributed by atoms with E-state index in [1.165, 1.54) is 12.8 Å². The Hall–Kier alpha value is -0.0400. The first-order valence-corrected chi connectivity index (χ1v) is 5.61. The molecule has 0 radical (unpaired) electrons. The largest absolute Gasteiger partial charge is 0.384 e. The van der Waals surface area contributed by atoms with E-state index < -0.39 is 0 Å². The molecule has 0 fully saturated rings. The fourth-order valence-corrected chi connectivity index (χ4v) is 1.18. The minimum absolute atomic E-state index is 0.328. The van der Waals surface area contributed by atoms with E-state index in [2.05, 4.69) is 48.5 Å². The molecule has 0 unspecified atom stereocenters. The van der Waals surface area contributed by atoms with Gasteiger partial charge in [-0.05, 0) is 17.3 Å². The fourth-order valence-electron chi connectivity index (χ4n) is 1.18. The van der Waals surface area contributed by atoms with E-state index in [0.29, 0.717) is 10.8 Å². The number of hydrogen-bond acceptors (Lipinski definition) is 1. The van der Waals surface area contributed by atoms with E-state index in [0.717, 1.165) is 6.61 Å². The molecule has 0 aliphatic rings. The van der Waals surface area contributed by atoms with E-state index in [1.807, 2.05) is 0 Å². The van der Waals surface area contributed by atoms with Crippen molar-refractivity contribution in [3.8, 4) is 0 Å². The molecule has 0 spiro atoms. The minimum Gasteiger partial charge on any atom is -0.384 e. The molecule has 0 saturated carbocycles. The topological polar surface area (TPSA) is 9.23 Å². The van der Waals surface area contributed by atoms with Crippen LogP contribution >= 0.6 is 0 Å². The van der Waals surface area contributed by atoms with Crippen molar-refractivity contribution >= 4 is 0 Å². The zero-order valence-electron chi connectivity index (χ0n) is 11.5. The van der Waals surface area contributed by atoms with Gasteiger partial charge in [-0.1, -0.05) is 54.9 Å². The summed E-state index contributed by atoms with van der Waals surface area (Å²) in [4.78, 5) is 0. The summed E-state index contributed by atoms with van der Waals surface area (Å²) in [6.45, 7) is 16.3. The minimum atomic E-state index is 0.328. The van der Waals surface area contributed by atoms with Gasteiger partial charge < -0.3 is 4.74 Å². The van der Waals surface area contributed by atoms with E-state index in [9.17, 15) is 0 Å². The van der Waals surface area contributed by atoms with Crippen molar-refractivity contribution in [3.63, 3.8) is 0 Å². The molecule has 0 aliphatic heterocycles. The van der Waals surface area contributed by atoms with Crippen LogP contribution in [0.15, 0.2) is 0 Å². The summed E-state index contributed by atoms with van der Waals surface area (Å²) in [5.74, 6) is 0. The molecule has 0 aromatic carbocycles. The molecule has 0 bridgehead atoms. The van der Waals surface area contributed by atoms with Crippen molar-refractivity contribution in [3.05, 3.63) is 0 Å². The Morgan fingerprint density at radius 3 is 1.29 bits per heavy atom. The molecule has 14 heavy (non-hydrogen) atoms. The monoisotopic (exact) mass is 202 g/mol. The quantitative estimate of drug-likeness (QED) is 0.640. The highest BCUT2D eigenvalue weighted by atomic mass is 16.5. The molecule has 1 heteroatoms. The van der Waals surface area contributed by atoms with E-state index in [-0.39, 0.29) is 0 Å². The summed E-state index contributed by atoms with van der Waals surface area (Å²) in [7, 11) is 1.73. The first kappa shape index (κ1) is 16.4. The smallest absolute Gasteiger partial charge is 0.0510 e. The lowest BCUT2D eigenvalue weighted by Gasteiger charge is -2.15. The van der Waals surface area contributed by atoms with Crippen LogP contribution in [0.3, 0.4) is 0 Å². The maximum Gasteiger partial charge on any atom is 0.0510 e. The lowest BCUT2D eigenvalue weighted by molar-refractivity contribution is 0.116. The second-order valence-corrected chi connectivity index (χ2v) is 6.30. The molecule has 0 amide bonds. The SMILES string of the molecule is CCCC(C)(C)C.COCC(C)(C)C. The molecule has 0 aliphatic carbocycles. The summed E-state index contributed by atoms with van der Waals surface area (Å²) in [5.41, 5.74) is 0.878. The maximum absolute atomic E-state index is 4.91. The zero-order chi connectivity index (χ0) is 11.8. The van der Waals surface area contributed by atoms with Gasteiger partial charge in [-0.25, -0.2) is 0 Å². The molecule has 1 nitrogen and oxygen atoms in total. The standard InChI is InChI=1S/C7H16.C6H14O/c1-5-6-7(2,3)4;1-6(2,3)5-7-4/h5-6H2,1-4H3;5H2,1-4H3. The van der Waals surface area contributed by atoms with Crippen LogP contribution in [0.1, 0.15) is 61.3 Å². The van der Waals surface area contributed by atoms with Gasteiger partial charge in [0, 0.05) is 7.11 Å². The van der Waals surface area contributed by atoms with Crippen LogP contribution in [0.4, 0.5) is 0 Å². The van der Waals surface area contributed by atoms with Crippen LogP contribution in [0.2, 0.25) is 0 Å². The lowest BCUT2D eigenvalue weighted by atomic mass is 9.91. The van der Waals surface area contributed by atoms with Crippen LogP contribution in [0.5, 0.6) is 0 Å². The summed E-state index contributed by atoms with van der Waals surface area (Å²) >= 11 is 0. The van der Waals surface area contributed by atoms with E-state index in [4.69, 9.17) is 4.74 Å². The zero-order valence-corrected chi connectivity index (χ0v) is 11.5. The molecular formula is C13H30O. The maximum atomic E-state index is 4.91. The highest BCUT2D eigenvalue weighted by molar-refractivity contribution is 4.58. The van der Waals surface area contributed by atoms with Gasteiger partial charge in [-0.15, -0.1) is 0 Å². The molecule has 0 N–H and O–H groups in total. The third-order valence-electron chi connectivity index (χ3n) is 1.58. The first-order valence-electron chi connectivity index (χ1n) is 5.61. The fraction of sp³-hybridized carbons (Fsp3) is 1.00. The Bertz CT molecular complexity index is 98.2. The summed E-state index contributed by atoms with van der Waals surface area (Å²) < 4.78 is 4.91. The predicted octanol–water partition coefficient (Wildman–Crippen LogP) is 4.51. The van der Waals surface area contributed by atoms with E-state index in [1.54, 1.807) is 7.11 Å². The summed E-state index contributed by atoms with van der Waals surface area (Å²) in [6, 6.07) is 0. The summed E-state index contributed by atoms with van der Waals surface area (Å²) in [6.07, 6.45) is 2.65. The molecule has 88 valence electrons. The van der Waals surface area contributed by atoms with Gasteiger partial charge in [0.15, 0.2) is 0 Å². The van der Waals surface area contributed by atoms with Crippen LogP contribution in [0.25, 0.3) is 0 Å². The van der Waals surface area contributed by atoms with Gasteiger partial charge in [0.05, 0.1) is 6.61 Å². The van der Waals surface area contributed by atoms with Crippen LogP contribution in [-0.2, 0) is 4.74 Å². The van der Waals surface area contributed by atoms with Crippen molar-refractivity contribution in [1.29, 1.82) is 0 Å². The number of hydrogen-bond donors (Lipinski definition) is 0. The van der Waals surface area contributed by atoms with Crippen molar-refractivity contribution in [2.24, 2.45) is 10.8 Å². The van der Waals surface area contributed by atoms with Crippen LogP contribution in [0, 0.1) is 10.8 Å². The Morgan fingerprint density at radius 1 is 0.857 bits per heavy atom. The molecule has 0 atom stereocenters. The van der Waals surface area contributed by atoms with Crippen molar-refractivity contribution in [2.45, 2.75) is 61.3 Å². The predicted molar refractivity (Wildman–Crippen MR) is 65.7 cm³/mol. The lowest BCUT2D eigenvalue weighted by Crippen LogP contribution is -2.12. The Balaban J connectivity index is 0. The van der Waals surface area contributed by atoms with Crippen molar-refractivity contribution in [1.82, 2.24) is 0 Å². The Morgan fingerprint density at radius 2 is 1.29 bits per heavy atom. The van der Waals surface area contributed by atoms with Gasteiger partial charge in [-0.3, -0.25) is 0 Å². The Labute approximate surface area is 91.2 Å². The first-order chi connectivity index (χ1) is 6.12. The van der Waals surface area contributed by atoms with Crippen LogP contribution < -0.4 is 0 Å². The van der Waals surface area contributed by atoms with Gasteiger partial charge in [0.1, 0.15) is 0 Å². The van der Waals surface area contributed by atoms with Gasteiger partial charge >= 0.3 is 0 Å². The van der Waals surface area contributed by atoms with Crippen molar-refractivity contribution in [2.75, 3.05) is 13.7 Å². The Kier molecular flexibility index (Phi) is 8.52. The molecule has 0 saturated heterocycles. The molecule has 0 rings (SSSR count). The number of methoxy groups -OCH3 is 1. The average Bonchev–Trinajstić information content (AvgIpc) is 1.81. The third kappa shape index (κ3) is 22.7. The van der Waals surface area contributed by atoms with Crippen LogP contribution in [-0.4, -0.2) is 13.7 Å². The normalized spacial score (nSPS) is 12.0. The average molecular weight is 202 g/mol. The number of rotatable bonds is 2. The van der Waals surface area contributed by atoms with Gasteiger partial charge in [0.2, 0.25) is 0 Å². The van der Waals surface area contributed by atoms with Crippen molar-refractivity contribution < 1.29 is 4.74 Å². The number of ether oxygens (including phenoxy) is 1. The molecule has 0 aromatic heterocycles. The molecule has 0 aromatic rings. The second-order valence-electron chi connectivity index (χ2n) is 6.30. The van der Waals surface area contributed by atoms with Gasteiger partial charge in [0.25, 0.3) is 0 Å². The highest BCUT2D eigenvalue weighted by Gasteiger charge is 2.07. The molecular weight excluding hydrogens is 172 g/mol. The second kappa shape index (κ2) is 7.28. The highest BCUT2D eigenvalue weighted by Crippen LogP contribution is 2.19. The van der Waals surface area contributed by atoms with E-state index >= 15 is 0 Å².